The Kier molecular flexibility index (Phi) is 8.22. The highest BCUT2D eigenvalue weighted by Crippen LogP contribution is 2.52. The molecular weight excluding hydrogens is 677 g/mol. The van der Waals surface area contributed by atoms with Gasteiger partial charge in [0.05, 0.1) is 22.7 Å². The molecule has 0 bridgehead atoms. The number of hydrogen-bond donors (Lipinski definition) is 0. The van der Waals surface area contributed by atoms with Crippen molar-refractivity contribution in [1.29, 1.82) is 0 Å². The number of rotatable bonds is 8. The lowest BCUT2D eigenvalue weighted by Crippen LogP contribution is -2.13. The zero-order valence-corrected chi connectivity index (χ0v) is 32.4. The first-order chi connectivity index (χ1) is 27.5. The average molecular weight is 721 g/mol. The van der Waals surface area contributed by atoms with E-state index in [9.17, 15) is 0 Å². The third kappa shape index (κ3) is 5.39. The predicted octanol–water partition coefficient (Wildman–Crippen LogP) is 16.1. The van der Waals surface area contributed by atoms with Gasteiger partial charge in [0.15, 0.2) is 0 Å². The van der Waals surface area contributed by atoms with Gasteiger partial charge < -0.3 is 9.80 Å². The summed E-state index contributed by atoms with van der Waals surface area (Å²) >= 11 is 0. The van der Waals surface area contributed by atoms with Gasteiger partial charge in [-0.25, -0.2) is 0 Å². The summed E-state index contributed by atoms with van der Waals surface area (Å²) in [5.41, 5.74) is 9.74. The quantitative estimate of drug-likeness (QED) is 0.144. The Morgan fingerprint density at radius 3 is 1.07 bits per heavy atom. The van der Waals surface area contributed by atoms with E-state index in [0.29, 0.717) is 11.8 Å². The van der Waals surface area contributed by atoms with Crippen molar-refractivity contribution in [2.75, 3.05) is 9.80 Å². The van der Waals surface area contributed by atoms with Crippen LogP contribution in [0.25, 0.3) is 53.9 Å². The van der Waals surface area contributed by atoms with Gasteiger partial charge in [0.1, 0.15) is 0 Å². The summed E-state index contributed by atoms with van der Waals surface area (Å²) in [6.07, 6.45) is 0. The van der Waals surface area contributed by atoms with Gasteiger partial charge in [-0.2, -0.15) is 0 Å². The van der Waals surface area contributed by atoms with E-state index in [1.165, 1.54) is 87.7 Å². The number of nitrogens with zero attached hydrogens (tertiary/aromatic N) is 2. The van der Waals surface area contributed by atoms with E-state index in [2.05, 4.69) is 219 Å². The monoisotopic (exact) mass is 720 g/mol. The molecule has 0 fully saturated rings. The molecule has 0 aliphatic carbocycles. The lowest BCUT2D eigenvalue weighted by molar-refractivity contribution is 0.875. The van der Waals surface area contributed by atoms with Crippen LogP contribution in [0.3, 0.4) is 0 Å². The zero-order chi connectivity index (χ0) is 37.9. The highest BCUT2D eigenvalue weighted by Gasteiger charge is 2.26. The highest BCUT2D eigenvalue weighted by molar-refractivity contribution is 6.30. The largest absolute Gasteiger partial charge is 0.309 e. The van der Waals surface area contributed by atoms with Crippen LogP contribution in [-0.2, 0) is 0 Å². The van der Waals surface area contributed by atoms with Crippen LogP contribution in [0.15, 0.2) is 182 Å². The van der Waals surface area contributed by atoms with E-state index in [-0.39, 0.29) is 0 Å². The first kappa shape index (κ1) is 33.9. The highest BCUT2D eigenvalue weighted by atomic mass is 15.2. The second-order valence-corrected chi connectivity index (χ2v) is 15.7. The third-order valence-electron chi connectivity index (χ3n) is 11.7. The van der Waals surface area contributed by atoms with Crippen LogP contribution >= 0.6 is 0 Å². The molecule has 0 heterocycles. The maximum absolute atomic E-state index is 2.50. The molecule has 0 aliphatic heterocycles. The Balaban J connectivity index is 1.35. The summed E-state index contributed by atoms with van der Waals surface area (Å²) in [5, 5.41) is 12.7. The van der Waals surface area contributed by atoms with Crippen LogP contribution in [0.5, 0.6) is 0 Å². The summed E-state index contributed by atoms with van der Waals surface area (Å²) in [4.78, 5) is 4.99. The van der Waals surface area contributed by atoms with Crippen LogP contribution in [-0.4, -0.2) is 0 Å². The fourth-order valence-corrected chi connectivity index (χ4v) is 9.11. The van der Waals surface area contributed by atoms with E-state index in [1.807, 2.05) is 0 Å². The third-order valence-corrected chi connectivity index (χ3v) is 11.7. The molecule has 0 spiro atoms. The minimum atomic E-state index is 0.309. The van der Waals surface area contributed by atoms with E-state index in [4.69, 9.17) is 0 Å². The van der Waals surface area contributed by atoms with Crippen molar-refractivity contribution in [3.05, 3.63) is 193 Å². The number of para-hydroxylation sites is 2. The van der Waals surface area contributed by atoms with Crippen molar-refractivity contribution in [2.24, 2.45) is 0 Å². The molecule has 0 unspecified atom stereocenters. The molecule has 0 N–H and O–H groups in total. The fourth-order valence-electron chi connectivity index (χ4n) is 9.11. The van der Waals surface area contributed by atoms with E-state index < -0.39 is 0 Å². The van der Waals surface area contributed by atoms with Crippen LogP contribution in [0.1, 0.15) is 50.7 Å². The summed E-state index contributed by atoms with van der Waals surface area (Å²) in [5.74, 6) is 0.619. The smallest absolute Gasteiger partial charge is 0.0543 e. The summed E-state index contributed by atoms with van der Waals surface area (Å²) in [6, 6.07) is 67.2. The fraction of sp³-hybridized carbons (Fsp3) is 0.111. The van der Waals surface area contributed by atoms with Crippen LogP contribution in [0, 0.1) is 0 Å². The average Bonchev–Trinajstić information content (AvgIpc) is 3.24. The molecule has 0 saturated carbocycles. The normalized spacial score (nSPS) is 11.9. The number of hydrogen-bond acceptors (Lipinski definition) is 2. The van der Waals surface area contributed by atoms with E-state index in [0.717, 1.165) is 11.4 Å². The van der Waals surface area contributed by atoms with Gasteiger partial charge >= 0.3 is 0 Å². The predicted molar refractivity (Wildman–Crippen MR) is 243 cm³/mol. The Hall–Kier alpha value is -6.64. The Morgan fingerprint density at radius 2 is 0.661 bits per heavy atom. The van der Waals surface area contributed by atoms with Gasteiger partial charge in [-0.1, -0.05) is 161 Å². The topological polar surface area (TPSA) is 6.48 Å². The van der Waals surface area contributed by atoms with E-state index in [1.54, 1.807) is 0 Å². The van der Waals surface area contributed by atoms with Gasteiger partial charge in [-0.15, -0.1) is 0 Å². The van der Waals surface area contributed by atoms with Crippen molar-refractivity contribution in [2.45, 2.75) is 39.5 Å². The van der Waals surface area contributed by atoms with Gasteiger partial charge in [0.25, 0.3) is 0 Å². The number of benzene rings is 10. The van der Waals surface area contributed by atoms with Crippen molar-refractivity contribution in [3.63, 3.8) is 0 Å². The number of anilines is 6. The second kappa shape index (κ2) is 13.6. The molecule has 10 aromatic carbocycles. The summed E-state index contributed by atoms with van der Waals surface area (Å²) < 4.78 is 0. The Bertz CT molecular complexity index is 2820. The van der Waals surface area contributed by atoms with Crippen molar-refractivity contribution < 1.29 is 0 Å². The molecule has 0 saturated heterocycles. The Labute approximate surface area is 329 Å². The maximum atomic E-state index is 2.50. The van der Waals surface area contributed by atoms with Gasteiger partial charge in [0, 0.05) is 32.9 Å². The molecule has 0 aliphatic rings. The SMILES string of the molecule is CC(C)c1cc(N(c2ccccc2)c2cccc3ccccc23)c2ccc3c(C(C)C)cc(N(c4ccccc4)c4cccc5ccccc45)c4ccc1c2c34. The molecule has 2 heteroatoms. The minimum Gasteiger partial charge on any atom is -0.309 e. The molecule has 10 rings (SSSR count). The van der Waals surface area contributed by atoms with Crippen molar-refractivity contribution in [1.82, 2.24) is 0 Å². The molecule has 10 aromatic rings. The lowest BCUT2D eigenvalue weighted by atomic mass is 9.84. The standard InChI is InChI=1S/C54H44N2/c1-35(2)47-33-51(55(39-21-7-5-8-22-39)49-27-15-19-37-17-11-13-25-41(37)49)45-32-30-44-48(36(3)4)34-52(46-31-29-43(47)53(45)54(44)46)56(40-23-9-6-10-24-40)50-28-16-20-38-18-12-14-26-42(38)50/h5-36H,1-4H3. The van der Waals surface area contributed by atoms with E-state index >= 15 is 0 Å². The van der Waals surface area contributed by atoms with Crippen molar-refractivity contribution in [3.8, 4) is 0 Å². The second-order valence-electron chi connectivity index (χ2n) is 15.7. The molecule has 56 heavy (non-hydrogen) atoms. The van der Waals surface area contributed by atoms with Crippen LogP contribution < -0.4 is 9.80 Å². The summed E-state index contributed by atoms with van der Waals surface area (Å²) in [7, 11) is 0. The van der Waals surface area contributed by atoms with Crippen molar-refractivity contribution >= 4 is 88.0 Å². The molecule has 0 aromatic heterocycles. The molecule has 0 amide bonds. The van der Waals surface area contributed by atoms with Gasteiger partial charge in [0.2, 0.25) is 0 Å². The first-order valence-corrected chi connectivity index (χ1v) is 19.9. The Morgan fingerprint density at radius 1 is 0.304 bits per heavy atom. The molecule has 270 valence electrons. The first-order valence-electron chi connectivity index (χ1n) is 19.9. The molecule has 0 radical (unpaired) electrons. The number of fused-ring (bicyclic) bond motifs is 2. The van der Waals surface area contributed by atoms with Gasteiger partial charge in [-0.05, 0) is 104 Å². The maximum Gasteiger partial charge on any atom is 0.0543 e. The molecular formula is C54H44N2. The van der Waals surface area contributed by atoms with Gasteiger partial charge in [-0.3, -0.25) is 0 Å². The summed E-state index contributed by atoms with van der Waals surface area (Å²) in [6.45, 7) is 9.35. The molecule has 2 nitrogen and oxygen atoms in total. The lowest BCUT2D eigenvalue weighted by Gasteiger charge is -2.32. The van der Waals surface area contributed by atoms with Crippen LogP contribution in [0.4, 0.5) is 34.1 Å². The minimum absolute atomic E-state index is 0.309. The zero-order valence-electron chi connectivity index (χ0n) is 32.4. The van der Waals surface area contributed by atoms with Crippen LogP contribution in [0.2, 0.25) is 0 Å². The molecule has 0 atom stereocenters.